The third-order valence-corrected chi connectivity index (χ3v) is 3.71. The fourth-order valence-electron chi connectivity index (χ4n) is 2.41. The number of nitrogens with one attached hydrogen (secondary N) is 1. The number of hydrogen-bond acceptors (Lipinski definition) is 2. The van der Waals surface area contributed by atoms with Crippen LogP contribution in [0.25, 0.3) is 11.0 Å². The molecule has 3 nitrogen and oxygen atoms in total. The van der Waals surface area contributed by atoms with Gasteiger partial charge in [-0.25, -0.2) is 4.98 Å². The normalized spacial score (nSPS) is 11.3. The maximum Gasteiger partial charge on any atom is 0.111 e. The zero-order valence-corrected chi connectivity index (χ0v) is 13.2. The average Bonchev–Trinajstić information content (AvgIpc) is 2.78. The molecule has 0 aliphatic carbocycles. The first-order valence-electron chi connectivity index (χ1n) is 7.61. The highest BCUT2D eigenvalue weighted by Crippen LogP contribution is 2.21. The summed E-state index contributed by atoms with van der Waals surface area (Å²) in [5.74, 6) is 1.17. The Morgan fingerprint density at radius 3 is 2.80 bits per heavy atom. The largest absolute Gasteiger partial charge is 0.328 e. The Morgan fingerprint density at radius 1 is 1.20 bits per heavy atom. The van der Waals surface area contributed by atoms with Gasteiger partial charge in [0.05, 0.1) is 11.0 Å². The summed E-state index contributed by atoms with van der Waals surface area (Å²) < 4.78 is 2.35. The topological polar surface area (TPSA) is 29.9 Å². The van der Waals surface area contributed by atoms with Crippen molar-refractivity contribution in [3.63, 3.8) is 0 Å². The quantitative estimate of drug-likeness (QED) is 0.745. The molecule has 0 amide bonds. The molecule has 1 aromatic carbocycles. The van der Waals surface area contributed by atoms with Gasteiger partial charge in [0.25, 0.3) is 0 Å². The molecule has 0 spiro atoms. The van der Waals surface area contributed by atoms with E-state index >= 15 is 0 Å². The molecule has 0 bridgehead atoms. The third kappa shape index (κ3) is 3.74. The lowest BCUT2D eigenvalue weighted by Gasteiger charge is -2.09. The van der Waals surface area contributed by atoms with Gasteiger partial charge < -0.3 is 9.88 Å². The van der Waals surface area contributed by atoms with E-state index in [0.717, 1.165) is 36.6 Å². The molecule has 1 N–H and O–H groups in total. The first kappa shape index (κ1) is 15.3. The van der Waals surface area contributed by atoms with E-state index in [1.165, 1.54) is 30.6 Å². The molecule has 0 fully saturated rings. The molecule has 0 atom stereocenters. The molecule has 4 heteroatoms. The summed E-state index contributed by atoms with van der Waals surface area (Å²) in [4.78, 5) is 4.76. The lowest BCUT2D eigenvalue weighted by molar-refractivity contribution is 0.594. The molecule has 2 aromatic rings. The van der Waals surface area contributed by atoms with E-state index in [1.807, 2.05) is 12.1 Å². The van der Waals surface area contributed by atoms with Crippen LogP contribution in [-0.4, -0.2) is 22.6 Å². The van der Waals surface area contributed by atoms with Crippen molar-refractivity contribution >= 4 is 22.6 Å². The Labute approximate surface area is 126 Å². The number of aromatic nitrogens is 2. The van der Waals surface area contributed by atoms with E-state index in [0.29, 0.717) is 0 Å². The maximum absolute atomic E-state index is 6.07. The van der Waals surface area contributed by atoms with Crippen molar-refractivity contribution < 1.29 is 0 Å². The van der Waals surface area contributed by atoms with Gasteiger partial charge in [-0.05, 0) is 37.6 Å². The first-order valence-corrected chi connectivity index (χ1v) is 7.99. The Morgan fingerprint density at radius 2 is 2.05 bits per heavy atom. The summed E-state index contributed by atoms with van der Waals surface area (Å²) in [5, 5.41) is 4.20. The molecule has 2 rings (SSSR count). The highest BCUT2D eigenvalue weighted by Gasteiger charge is 2.10. The Bertz CT molecular complexity index is 548. The van der Waals surface area contributed by atoms with E-state index in [1.54, 1.807) is 0 Å². The number of halogens is 1. The van der Waals surface area contributed by atoms with Crippen LogP contribution in [0.2, 0.25) is 5.02 Å². The van der Waals surface area contributed by atoms with Crippen LogP contribution >= 0.6 is 11.6 Å². The number of imidazole rings is 1. The van der Waals surface area contributed by atoms with Crippen LogP contribution < -0.4 is 5.32 Å². The lowest BCUT2D eigenvalue weighted by Crippen LogP contribution is -2.19. The zero-order valence-electron chi connectivity index (χ0n) is 12.5. The van der Waals surface area contributed by atoms with Gasteiger partial charge in [0.15, 0.2) is 0 Å². The van der Waals surface area contributed by atoms with Crippen molar-refractivity contribution in [1.82, 2.24) is 14.9 Å². The third-order valence-electron chi connectivity index (χ3n) is 3.48. The summed E-state index contributed by atoms with van der Waals surface area (Å²) in [5.41, 5.74) is 2.22. The van der Waals surface area contributed by atoms with Crippen LogP contribution in [0.1, 0.15) is 38.9 Å². The van der Waals surface area contributed by atoms with E-state index in [9.17, 15) is 0 Å². The highest BCUT2D eigenvalue weighted by atomic mass is 35.5. The summed E-state index contributed by atoms with van der Waals surface area (Å²) in [6, 6.07) is 6.00. The summed E-state index contributed by atoms with van der Waals surface area (Å²) in [7, 11) is 0. The standard InChI is InChI=1S/C16H24ClN3/c1-3-5-11-20-15-7-6-13(17)12-14(15)19-16(20)8-10-18-9-4-2/h6-7,12,18H,3-5,8-11H2,1-2H3. The second kappa shape index (κ2) is 7.65. The molecule has 0 radical (unpaired) electrons. The molecule has 0 saturated heterocycles. The van der Waals surface area contributed by atoms with Gasteiger partial charge in [-0.3, -0.25) is 0 Å². The predicted molar refractivity (Wildman–Crippen MR) is 86.5 cm³/mol. The van der Waals surface area contributed by atoms with Crippen LogP contribution in [0.3, 0.4) is 0 Å². The minimum atomic E-state index is 0.758. The predicted octanol–water partition coefficient (Wildman–Crippen LogP) is 4.03. The molecule has 0 aliphatic rings. The number of unbranched alkanes of at least 4 members (excludes halogenated alkanes) is 1. The molecular formula is C16H24ClN3. The van der Waals surface area contributed by atoms with Gasteiger partial charge in [0, 0.05) is 24.5 Å². The number of aryl methyl sites for hydroxylation is 1. The Kier molecular flexibility index (Phi) is 5.86. The van der Waals surface area contributed by atoms with Crippen molar-refractivity contribution in [2.24, 2.45) is 0 Å². The SMILES string of the molecule is CCCCn1c(CCNCCC)nc2cc(Cl)ccc21. The summed E-state index contributed by atoms with van der Waals surface area (Å²) in [6.45, 7) is 7.50. The van der Waals surface area contributed by atoms with Gasteiger partial charge >= 0.3 is 0 Å². The number of rotatable bonds is 8. The fourth-order valence-corrected chi connectivity index (χ4v) is 2.58. The summed E-state index contributed by atoms with van der Waals surface area (Å²) in [6.07, 6.45) is 4.52. The maximum atomic E-state index is 6.07. The van der Waals surface area contributed by atoms with E-state index in [2.05, 4.69) is 29.8 Å². The van der Waals surface area contributed by atoms with Gasteiger partial charge in [-0.2, -0.15) is 0 Å². The Hall–Kier alpha value is -1.06. The van der Waals surface area contributed by atoms with Crippen LogP contribution in [0.4, 0.5) is 0 Å². The van der Waals surface area contributed by atoms with Crippen LogP contribution in [0.5, 0.6) is 0 Å². The second-order valence-corrected chi connectivity index (χ2v) is 5.60. The van der Waals surface area contributed by atoms with E-state index in [-0.39, 0.29) is 0 Å². The second-order valence-electron chi connectivity index (χ2n) is 5.17. The number of fused-ring (bicyclic) bond motifs is 1. The van der Waals surface area contributed by atoms with Crippen molar-refractivity contribution in [2.45, 2.75) is 46.1 Å². The highest BCUT2D eigenvalue weighted by molar-refractivity contribution is 6.31. The molecular weight excluding hydrogens is 270 g/mol. The van der Waals surface area contributed by atoms with Crippen LogP contribution in [0, 0.1) is 0 Å². The molecule has 20 heavy (non-hydrogen) atoms. The van der Waals surface area contributed by atoms with Crippen LogP contribution in [0.15, 0.2) is 18.2 Å². The molecule has 1 aromatic heterocycles. The van der Waals surface area contributed by atoms with Crippen molar-refractivity contribution in [1.29, 1.82) is 0 Å². The number of nitrogens with zero attached hydrogens (tertiary/aromatic N) is 2. The number of hydrogen-bond donors (Lipinski definition) is 1. The monoisotopic (exact) mass is 293 g/mol. The van der Waals surface area contributed by atoms with Crippen molar-refractivity contribution in [2.75, 3.05) is 13.1 Å². The van der Waals surface area contributed by atoms with Gasteiger partial charge in [-0.15, -0.1) is 0 Å². The minimum absolute atomic E-state index is 0.758. The summed E-state index contributed by atoms with van der Waals surface area (Å²) >= 11 is 6.07. The van der Waals surface area contributed by atoms with Crippen LogP contribution in [-0.2, 0) is 13.0 Å². The molecule has 110 valence electrons. The van der Waals surface area contributed by atoms with E-state index in [4.69, 9.17) is 16.6 Å². The first-order chi connectivity index (χ1) is 9.76. The zero-order chi connectivity index (χ0) is 14.4. The average molecular weight is 294 g/mol. The lowest BCUT2D eigenvalue weighted by atomic mass is 10.3. The van der Waals surface area contributed by atoms with Crippen molar-refractivity contribution in [3.8, 4) is 0 Å². The smallest absolute Gasteiger partial charge is 0.111 e. The van der Waals surface area contributed by atoms with E-state index < -0.39 is 0 Å². The Balaban J connectivity index is 2.21. The van der Waals surface area contributed by atoms with Gasteiger partial charge in [0.1, 0.15) is 5.82 Å². The van der Waals surface area contributed by atoms with Gasteiger partial charge in [0.2, 0.25) is 0 Å². The van der Waals surface area contributed by atoms with Crippen molar-refractivity contribution in [3.05, 3.63) is 29.0 Å². The molecule has 0 saturated carbocycles. The fraction of sp³-hybridized carbons (Fsp3) is 0.562. The van der Waals surface area contributed by atoms with Gasteiger partial charge in [-0.1, -0.05) is 31.9 Å². The minimum Gasteiger partial charge on any atom is -0.328 e. The number of benzene rings is 1. The molecule has 0 aliphatic heterocycles. The molecule has 1 heterocycles. The molecule has 0 unspecified atom stereocenters.